The van der Waals surface area contributed by atoms with Gasteiger partial charge in [-0.3, -0.25) is 9.59 Å². The van der Waals surface area contributed by atoms with Crippen molar-refractivity contribution in [3.05, 3.63) is 0 Å². The van der Waals surface area contributed by atoms with Crippen molar-refractivity contribution in [3.63, 3.8) is 0 Å². The molecule has 1 fully saturated rings. The van der Waals surface area contributed by atoms with Crippen LogP contribution in [0.1, 0.15) is 25.7 Å². The van der Waals surface area contributed by atoms with Crippen molar-refractivity contribution in [1.29, 1.82) is 5.26 Å². The standard InChI is InChI=1S/C10H15N3O3/c11-5-6-2-1-3-8(6)13-10(16)7(12)4-9(14)15/h6-8H,1-4,12H2,(H,13,16)(H,14,15). The number of hydrogen-bond acceptors (Lipinski definition) is 4. The number of nitriles is 1. The second kappa shape index (κ2) is 5.47. The zero-order valence-corrected chi connectivity index (χ0v) is 8.85. The summed E-state index contributed by atoms with van der Waals surface area (Å²) in [5, 5.41) is 19.9. The molecular weight excluding hydrogens is 210 g/mol. The van der Waals surface area contributed by atoms with E-state index >= 15 is 0 Å². The third-order valence-corrected chi connectivity index (χ3v) is 2.74. The number of amides is 1. The van der Waals surface area contributed by atoms with E-state index in [9.17, 15) is 9.59 Å². The summed E-state index contributed by atoms with van der Waals surface area (Å²) in [5.41, 5.74) is 5.41. The Morgan fingerprint density at radius 2 is 2.25 bits per heavy atom. The maximum absolute atomic E-state index is 11.5. The zero-order chi connectivity index (χ0) is 12.1. The highest BCUT2D eigenvalue weighted by Gasteiger charge is 2.30. The number of carbonyl (C=O) groups excluding carboxylic acids is 1. The quantitative estimate of drug-likeness (QED) is 0.601. The smallest absolute Gasteiger partial charge is 0.305 e. The van der Waals surface area contributed by atoms with Crippen LogP contribution < -0.4 is 11.1 Å². The molecule has 1 saturated carbocycles. The van der Waals surface area contributed by atoms with Crippen LogP contribution in [0.5, 0.6) is 0 Å². The molecule has 0 spiro atoms. The average molecular weight is 225 g/mol. The van der Waals surface area contributed by atoms with Gasteiger partial charge in [-0.15, -0.1) is 0 Å². The Labute approximate surface area is 93.4 Å². The average Bonchev–Trinajstić information content (AvgIpc) is 2.64. The van der Waals surface area contributed by atoms with E-state index in [2.05, 4.69) is 11.4 Å². The lowest BCUT2D eigenvalue weighted by Crippen LogP contribution is -2.47. The van der Waals surface area contributed by atoms with Crippen LogP contribution in [0.3, 0.4) is 0 Å². The fourth-order valence-corrected chi connectivity index (χ4v) is 1.86. The van der Waals surface area contributed by atoms with Crippen molar-refractivity contribution < 1.29 is 14.7 Å². The minimum atomic E-state index is -1.11. The topological polar surface area (TPSA) is 116 Å². The molecule has 0 bridgehead atoms. The fourth-order valence-electron chi connectivity index (χ4n) is 1.86. The van der Waals surface area contributed by atoms with E-state index < -0.39 is 24.3 Å². The lowest BCUT2D eigenvalue weighted by molar-refractivity contribution is -0.139. The first-order valence-electron chi connectivity index (χ1n) is 5.22. The van der Waals surface area contributed by atoms with Crippen molar-refractivity contribution in [2.45, 2.75) is 37.8 Å². The number of rotatable bonds is 4. The van der Waals surface area contributed by atoms with Crippen LogP contribution >= 0.6 is 0 Å². The van der Waals surface area contributed by atoms with Gasteiger partial charge in [0.05, 0.1) is 24.4 Å². The lowest BCUT2D eigenvalue weighted by atomic mass is 10.1. The minimum absolute atomic E-state index is 0.180. The van der Waals surface area contributed by atoms with E-state index in [-0.39, 0.29) is 12.0 Å². The monoisotopic (exact) mass is 225 g/mol. The highest BCUT2D eigenvalue weighted by atomic mass is 16.4. The largest absolute Gasteiger partial charge is 0.481 e. The molecule has 3 atom stereocenters. The van der Waals surface area contributed by atoms with Gasteiger partial charge in [0.25, 0.3) is 0 Å². The van der Waals surface area contributed by atoms with Crippen molar-refractivity contribution in [2.75, 3.05) is 0 Å². The second-order valence-electron chi connectivity index (χ2n) is 3.99. The number of nitrogens with one attached hydrogen (secondary N) is 1. The lowest BCUT2D eigenvalue weighted by Gasteiger charge is -2.17. The molecule has 0 radical (unpaired) electrons. The number of nitrogens with two attached hydrogens (primary N) is 1. The summed E-state index contributed by atoms with van der Waals surface area (Å²) in [7, 11) is 0. The van der Waals surface area contributed by atoms with Crippen molar-refractivity contribution in [2.24, 2.45) is 11.7 Å². The van der Waals surface area contributed by atoms with Gasteiger partial charge in [0.15, 0.2) is 0 Å². The van der Waals surface area contributed by atoms with Crippen LogP contribution in [-0.4, -0.2) is 29.1 Å². The van der Waals surface area contributed by atoms with Crippen LogP contribution in [-0.2, 0) is 9.59 Å². The van der Waals surface area contributed by atoms with Crippen molar-refractivity contribution in [1.82, 2.24) is 5.32 Å². The predicted molar refractivity (Wildman–Crippen MR) is 55.1 cm³/mol. The molecule has 16 heavy (non-hydrogen) atoms. The van der Waals surface area contributed by atoms with Gasteiger partial charge < -0.3 is 16.2 Å². The summed E-state index contributed by atoms with van der Waals surface area (Å²) in [6.45, 7) is 0. The molecule has 1 rings (SSSR count). The summed E-state index contributed by atoms with van der Waals surface area (Å²) in [6, 6.07) is 0.900. The molecule has 3 unspecified atom stereocenters. The van der Waals surface area contributed by atoms with E-state index in [1.54, 1.807) is 0 Å². The minimum Gasteiger partial charge on any atom is -0.481 e. The summed E-state index contributed by atoms with van der Waals surface area (Å²) in [4.78, 5) is 21.8. The number of carboxylic acid groups (broad SMARTS) is 1. The van der Waals surface area contributed by atoms with E-state index in [1.807, 2.05) is 0 Å². The molecular formula is C10H15N3O3. The molecule has 0 heterocycles. The van der Waals surface area contributed by atoms with Gasteiger partial charge in [0.2, 0.25) is 5.91 Å². The summed E-state index contributed by atoms with van der Waals surface area (Å²) >= 11 is 0. The SMILES string of the molecule is N#CC1CCCC1NC(=O)C(N)CC(=O)O. The van der Waals surface area contributed by atoms with E-state index in [0.29, 0.717) is 0 Å². The first kappa shape index (κ1) is 12.5. The van der Waals surface area contributed by atoms with Gasteiger partial charge >= 0.3 is 5.97 Å². The third kappa shape index (κ3) is 3.21. The number of carboxylic acids is 1. The number of nitrogens with zero attached hydrogens (tertiary/aromatic N) is 1. The molecule has 1 amide bonds. The first-order valence-corrected chi connectivity index (χ1v) is 5.22. The van der Waals surface area contributed by atoms with E-state index in [0.717, 1.165) is 19.3 Å². The molecule has 1 aliphatic carbocycles. The van der Waals surface area contributed by atoms with E-state index in [1.165, 1.54) is 0 Å². The molecule has 1 aliphatic rings. The molecule has 4 N–H and O–H groups in total. The first-order chi connectivity index (χ1) is 7.54. The van der Waals surface area contributed by atoms with Crippen LogP contribution in [0.2, 0.25) is 0 Å². The van der Waals surface area contributed by atoms with Gasteiger partial charge in [-0.25, -0.2) is 0 Å². The summed E-state index contributed by atoms with van der Waals surface area (Å²) < 4.78 is 0. The van der Waals surface area contributed by atoms with E-state index in [4.69, 9.17) is 16.1 Å². The Hall–Kier alpha value is -1.61. The number of carbonyl (C=O) groups is 2. The fraction of sp³-hybridized carbons (Fsp3) is 0.700. The molecule has 0 saturated heterocycles. The Morgan fingerprint density at radius 3 is 2.81 bits per heavy atom. The molecule has 88 valence electrons. The molecule has 6 heteroatoms. The Kier molecular flexibility index (Phi) is 4.26. The maximum atomic E-state index is 11.5. The molecule has 0 aromatic rings. The summed E-state index contributed by atoms with van der Waals surface area (Å²) in [6.07, 6.45) is 2.03. The van der Waals surface area contributed by atoms with Gasteiger partial charge in [-0.1, -0.05) is 0 Å². The van der Waals surface area contributed by atoms with Gasteiger partial charge in [-0.2, -0.15) is 5.26 Å². The Morgan fingerprint density at radius 1 is 1.56 bits per heavy atom. The van der Waals surface area contributed by atoms with Crippen LogP contribution in [0.15, 0.2) is 0 Å². The number of hydrogen-bond donors (Lipinski definition) is 3. The van der Waals surface area contributed by atoms with Crippen molar-refractivity contribution >= 4 is 11.9 Å². The molecule has 0 aromatic heterocycles. The highest BCUT2D eigenvalue weighted by molar-refractivity contribution is 5.86. The van der Waals surface area contributed by atoms with Crippen LogP contribution in [0.25, 0.3) is 0 Å². The normalized spacial score (nSPS) is 25.8. The van der Waals surface area contributed by atoms with Gasteiger partial charge in [-0.05, 0) is 19.3 Å². The van der Waals surface area contributed by atoms with Crippen LogP contribution in [0.4, 0.5) is 0 Å². The molecule has 6 nitrogen and oxygen atoms in total. The highest BCUT2D eigenvalue weighted by Crippen LogP contribution is 2.24. The maximum Gasteiger partial charge on any atom is 0.305 e. The predicted octanol–water partition coefficient (Wildman–Crippen LogP) is -0.403. The number of aliphatic carboxylic acids is 1. The third-order valence-electron chi connectivity index (χ3n) is 2.74. The molecule has 0 aromatic carbocycles. The zero-order valence-electron chi connectivity index (χ0n) is 8.85. The van der Waals surface area contributed by atoms with Crippen LogP contribution in [0, 0.1) is 17.2 Å². The summed E-state index contributed by atoms with van der Waals surface area (Å²) in [5.74, 6) is -1.78. The Bertz CT molecular complexity index is 324. The van der Waals surface area contributed by atoms with Crippen molar-refractivity contribution in [3.8, 4) is 6.07 Å². The van der Waals surface area contributed by atoms with Gasteiger partial charge in [0.1, 0.15) is 0 Å². The molecule has 0 aliphatic heterocycles. The Balaban J connectivity index is 2.45. The van der Waals surface area contributed by atoms with Gasteiger partial charge in [0, 0.05) is 6.04 Å². The second-order valence-corrected chi connectivity index (χ2v) is 3.99.